The SMILES string of the molecule is CCN(CC(C)C(=O)O)C(C)c1cccs1. The third-order valence-corrected chi connectivity index (χ3v) is 3.88. The maximum absolute atomic E-state index is 10.8. The maximum Gasteiger partial charge on any atom is 0.307 e. The first kappa shape index (κ1) is 13.2. The monoisotopic (exact) mass is 241 g/mol. The zero-order valence-electron chi connectivity index (χ0n) is 10.0. The zero-order valence-corrected chi connectivity index (χ0v) is 10.8. The van der Waals surface area contributed by atoms with Gasteiger partial charge in [-0.1, -0.05) is 19.9 Å². The smallest absolute Gasteiger partial charge is 0.307 e. The summed E-state index contributed by atoms with van der Waals surface area (Å²) in [4.78, 5) is 14.3. The molecule has 90 valence electrons. The molecular weight excluding hydrogens is 222 g/mol. The Hall–Kier alpha value is -0.870. The van der Waals surface area contributed by atoms with Gasteiger partial charge in [0.25, 0.3) is 0 Å². The van der Waals surface area contributed by atoms with Crippen LogP contribution in [0.3, 0.4) is 0 Å². The van der Waals surface area contributed by atoms with Crippen molar-refractivity contribution < 1.29 is 9.90 Å². The topological polar surface area (TPSA) is 40.5 Å². The van der Waals surface area contributed by atoms with Crippen LogP contribution in [0.2, 0.25) is 0 Å². The molecule has 16 heavy (non-hydrogen) atoms. The lowest BCUT2D eigenvalue weighted by Crippen LogP contribution is -2.33. The summed E-state index contributed by atoms with van der Waals surface area (Å²) < 4.78 is 0. The van der Waals surface area contributed by atoms with Gasteiger partial charge in [0.15, 0.2) is 0 Å². The van der Waals surface area contributed by atoms with E-state index >= 15 is 0 Å². The number of aliphatic carboxylic acids is 1. The third-order valence-electron chi connectivity index (χ3n) is 2.84. The van der Waals surface area contributed by atoms with Gasteiger partial charge in [0.1, 0.15) is 0 Å². The summed E-state index contributed by atoms with van der Waals surface area (Å²) in [7, 11) is 0. The molecule has 0 aliphatic rings. The summed E-state index contributed by atoms with van der Waals surface area (Å²) in [5.41, 5.74) is 0. The van der Waals surface area contributed by atoms with Gasteiger partial charge in [-0.05, 0) is 24.9 Å². The minimum absolute atomic E-state index is 0.298. The Morgan fingerprint density at radius 2 is 2.25 bits per heavy atom. The highest BCUT2D eigenvalue weighted by Gasteiger charge is 2.20. The number of hydrogen-bond donors (Lipinski definition) is 1. The molecule has 0 aromatic carbocycles. The van der Waals surface area contributed by atoms with Crippen LogP contribution in [0.5, 0.6) is 0 Å². The van der Waals surface area contributed by atoms with Crippen LogP contribution >= 0.6 is 11.3 Å². The number of carbonyl (C=O) groups is 1. The number of carboxylic acid groups (broad SMARTS) is 1. The summed E-state index contributed by atoms with van der Waals surface area (Å²) in [6.07, 6.45) is 0. The molecule has 0 saturated heterocycles. The average Bonchev–Trinajstić information content (AvgIpc) is 2.77. The molecule has 0 amide bonds. The van der Waals surface area contributed by atoms with Gasteiger partial charge in [0, 0.05) is 17.5 Å². The fraction of sp³-hybridized carbons (Fsp3) is 0.583. The van der Waals surface area contributed by atoms with E-state index in [1.54, 1.807) is 18.3 Å². The molecule has 1 aromatic rings. The molecule has 1 N–H and O–H groups in total. The fourth-order valence-corrected chi connectivity index (χ4v) is 2.52. The van der Waals surface area contributed by atoms with Crippen molar-refractivity contribution in [2.75, 3.05) is 13.1 Å². The molecule has 1 aromatic heterocycles. The Balaban J connectivity index is 2.64. The highest BCUT2D eigenvalue weighted by Crippen LogP contribution is 2.24. The molecule has 0 radical (unpaired) electrons. The van der Waals surface area contributed by atoms with Crippen molar-refractivity contribution in [3.8, 4) is 0 Å². The Morgan fingerprint density at radius 3 is 2.69 bits per heavy atom. The van der Waals surface area contributed by atoms with Crippen LogP contribution in [0.1, 0.15) is 31.7 Å². The molecule has 0 saturated carbocycles. The maximum atomic E-state index is 10.8. The largest absolute Gasteiger partial charge is 0.481 e. The lowest BCUT2D eigenvalue weighted by atomic mass is 10.1. The summed E-state index contributed by atoms with van der Waals surface area (Å²) in [5, 5.41) is 11.0. The van der Waals surface area contributed by atoms with E-state index in [4.69, 9.17) is 5.11 Å². The van der Waals surface area contributed by atoms with E-state index in [0.29, 0.717) is 12.6 Å². The quantitative estimate of drug-likeness (QED) is 0.832. The van der Waals surface area contributed by atoms with Crippen LogP contribution in [0, 0.1) is 5.92 Å². The van der Waals surface area contributed by atoms with Crippen LogP contribution in [0.25, 0.3) is 0 Å². The molecule has 0 aliphatic heterocycles. The van der Waals surface area contributed by atoms with Crippen molar-refractivity contribution in [2.24, 2.45) is 5.92 Å². The lowest BCUT2D eigenvalue weighted by Gasteiger charge is -2.28. The van der Waals surface area contributed by atoms with Crippen molar-refractivity contribution in [3.63, 3.8) is 0 Å². The fourth-order valence-electron chi connectivity index (χ4n) is 1.70. The molecule has 0 bridgehead atoms. The van der Waals surface area contributed by atoms with E-state index < -0.39 is 5.97 Å². The Kier molecular flexibility index (Phi) is 4.96. The van der Waals surface area contributed by atoms with E-state index in [9.17, 15) is 4.79 Å². The first-order valence-corrected chi connectivity index (χ1v) is 6.44. The molecule has 1 rings (SSSR count). The minimum atomic E-state index is -0.725. The van der Waals surface area contributed by atoms with Gasteiger partial charge in [0.2, 0.25) is 0 Å². The second kappa shape index (κ2) is 6.01. The first-order valence-electron chi connectivity index (χ1n) is 5.56. The van der Waals surface area contributed by atoms with Gasteiger partial charge in [-0.25, -0.2) is 0 Å². The van der Waals surface area contributed by atoms with Crippen LogP contribution < -0.4 is 0 Å². The van der Waals surface area contributed by atoms with Crippen molar-refractivity contribution in [1.29, 1.82) is 0 Å². The van der Waals surface area contributed by atoms with Crippen LogP contribution in [0.15, 0.2) is 17.5 Å². The minimum Gasteiger partial charge on any atom is -0.481 e. The van der Waals surface area contributed by atoms with Gasteiger partial charge in [-0.3, -0.25) is 9.69 Å². The number of rotatable bonds is 6. The second-order valence-electron chi connectivity index (χ2n) is 4.02. The number of nitrogens with zero attached hydrogens (tertiary/aromatic N) is 1. The summed E-state index contributed by atoms with van der Waals surface area (Å²) in [5.74, 6) is -1.04. The lowest BCUT2D eigenvalue weighted by molar-refractivity contribution is -0.141. The first-order chi connectivity index (χ1) is 7.56. The van der Waals surface area contributed by atoms with Crippen LogP contribution in [-0.2, 0) is 4.79 Å². The van der Waals surface area contributed by atoms with Gasteiger partial charge in [-0.15, -0.1) is 11.3 Å². The van der Waals surface area contributed by atoms with E-state index in [1.807, 2.05) is 6.07 Å². The van der Waals surface area contributed by atoms with Gasteiger partial charge >= 0.3 is 5.97 Å². The summed E-state index contributed by atoms with van der Waals surface area (Å²) in [6.45, 7) is 7.43. The van der Waals surface area contributed by atoms with E-state index in [-0.39, 0.29) is 5.92 Å². The molecule has 0 spiro atoms. The predicted molar refractivity (Wildman–Crippen MR) is 66.8 cm³/mol. The molecule has 4 heteroatoms. The zero-order chi connectivity index (χ0) is 12.1. The highest BCUT2D eigenvalue weighted by molar-refractivity contribution is 7.10. The Labute approximate surface area is 101 Å². The average molecular weight is 241 g/mol. The highest BCUT2D eigenvalue weighted by atomic mass is 32.1. The van der Waals surface area contributed by atoms with Gasteiger partial charge in [-0.2, -0.15) is 0 Å². The van der Waals surface area contributed by atoms with Gasteiger partial charge < -0.3 is 5.11 Å². The molecule has 2 unspecified atom stereocenters. The van der Waals surface area contributed by atoms with E-state index in [1.165, 1.54) is 4.88 Å². The number of hydrogen-bond acceptors (Lipinski definition) is 3. The third kappa shape index (κ3) is 3.32. The normalized spacial score (nSPS) is 15.0. The molecular formula is C12H19NO2S. The van der Waals surface area contributed by atoms with E-state index in [2.05, 4.69) is 30.2 Å². The predicted octanol–water partition coefficient (Wildman–Crippen LogP) is 2.85. The Morgan fingerprint density at radius 1 is 1.56 bits per heavy atom. The molecule has 0 fully saturated rings. The number of carboxylic acids is 1. The molecule has 0 aliphatic carbocycles. The van der Waals surface area contributed by atoms with Crippen molar-refractivity contribution in [2.45, 2.75) is 26.8 Å². The van der Waals surface area contributed by atoms with Crippen LogP contribution in [-0.4, -0.2) is 29.1 Å². The standard InChI is InChI=1S/C12H19NO2S/c1-4-13(8-9(2)12(14)15)10(3)11-6-5-7-16-11/h5-7,9-10H,4,8H2,1-3H3,(H,14,15). The number of thiophene rings is 1. The van der Waals surface area contributed by atoms with Gasteiger partial charge in [0.05, 0.1) is 5.92 Å². The van der Waals surface area contributed by atoms with Crippen molar-refractivity contribution in [3.05, 3.63) is 22.4 Å². The molecule has 1 heterocycles. The molecule has 2 atom stereocenters. The van der Waals surface area contributed by atoms with Crippen molar-refractivity contribution >= 4 is 17.3 Å². The summed E-state index contributed by atoms with van der Waals surface area (Å²) in [6, 6.07) is 4.43. The van der Waals surface area contributed by atoms with Crippen molar-refractivity contribution in [1.82, 2.24) is 4.90 Å². The Bertz CT molecular complexity index is 324. The van der Waals surface area contributed by atoms with E-state index in [0.717, 1.165) is 6.54 Å². The van der Waals surface area contributed by atoms with Crippen LogP contribution in [0.4, 0.5) is 0 Å². The molecule has 3 nitrogen and oxygen atoms in total. The summed E-state index contributed by atoms with van der Waals surface area (Å²) >= 11 is 1.72. The second-order valence-corrected chi connectivity index (χ2v) is 5.00.